The first-order chi connectivity index (χ1) is 11.7. The van der Waals surface area contributed by atoms with Crippen molar-refractivity contribution in [1.29, 1.82) is 5.26 Å². The average molecular weight is 373 g/mol. The first kappa shape index (κ1) is 18.5. The Hall–Kier alpha value is -2.79. The number of nitrogens with one attached hydrogen (secondary N) is 1. The van der Waals surface area contributed by atoms with Gasteiger partial charge in [-0.15, -0.1) is 0 Å². The van der Waals surface area contributed by atoms with Gasteiger partial charge in [-0.3, -0.25) is 4.79 Å². The van der Waals surface area contributed by atoms with Crippen molar-refractivity contribution in [2.75, 3.05) is 11.9 Å². The molecule has 130 valence electrons. The maximum Gasteiger partial charge on any atom is 0.422 e. The van der Waals surface area contributed by atoms with E-state index in [1.807, 2.05) is 0 Å². The number of rotatable bonds is 4. The van der Waals surface area contributed by atoms with E-state index in [-0.39, 0.29) is 27.6 Å². The maximum atomic E-state index is 13.0. The third kappa shape index (κ3) is 5.09. The van der Waals surface area contributed by atoms with Crippen LogP contribution in [0.3, 0.4) is 0 Å². The predicted octanol–water partition coefficient (Wildman–Crippen LogP) is 4.54. The summed E-state index contributed by atoms with van der Waals surface area (Å²) in [4.78, 5) is 12.1. The first-order valence-electron chi connectivity index (χ1n) is 6.70. The highest BCUT2D eigenvalue weighted by Crippen LogP contribution is 2.26. The summed E-state index contributed by atoms with van der Waals surface area (Å²) in [5, 5.41) is 11.3. The molecule has 0 fully saturated rings. The van der Waals surface area contributed by atoms with Gasteiger partial charge >= 0.3 is 6.18 Å². The van der Waals surface area contributed by atoms with Gasteiger partial charge in [0, 0.05) is 5.69 Å². The van der Waals surface area contributed by atoms with Crippen LogP contribution < -0.4 is 10.1 Å². The minimum absolute atomic E-state index is 0.000952. The van der Waals surface area contributed by atoms with Crippen molar-refractivity contribution in [1.82, 2.24) is 0 Å². The van der Waals surface area contributed by atoms with Crippen LogP contribution in [-0.4, -0.2) is 18.7 Å². The molecule has 2 aromatic carbocycles. The minimum Gasteiger partial charge on any atom is -0.483 e. The molecular formula is C16H9ClF4N2O2. The number of hydrogen-bond acceptors (Lipinski definition) is 3. The molecule has 0 radical (unpaired) electrons. The summed E-state index contributed by atoms with van der Waals surface area (Å²) in [6, 6.07) is 8.43. The number of amides is 1. The van der Waals surface area contributed by atoms with Gasteiger partial charge in [0.05, 0.1) is 16.1 Å². The monoisotopic (exact) mass is 372 g/mol. The Kier molecular flexibility index (Phi) is 5.49. The van der Waals surface area contributed by atoms with Crippen LogP contribution >= 0.6 is 11.6 Å². The van der Waals surface area contributed by atoms with Gasteiger partial charge in [0.2, 0.25) is 0 Å². The van der Waals surface area contributed by atoms with Crippen molar-refractivity contribution in [3.05, 3.63) is 58.4 Å². The Bertz CT molecular complexity index is 847. The van der Waals surface area contributed by atoms with E-state index in [4.69, 9.17) is 16.9 Å². The number of hydrogen-bond donors (Lipinski definition) is 1. The van der Waals surface area contributed by atoms with Crippen molar-refractivity contribution >= 4 is 23.2 Å². The molecule has 1 N–H and O–H groups in total. The molecule has 2 rings (SSSR count). The maximum absolute atomic E-state index is 13.0. The lowest BCUT2D eigenvalue weighted by Crippen LogP contribution is -2.19. The zero-order chi connectivity index (χ0) is 18.6. The molecule has 0 unspecified atom stereocenters. The quantitative estimate of drug-likeness (QED) is 0.801. The molecule has 1 amide bonds. The Labute approximate surface area is 144 Å². The molecule has 9 heteroatoms. The lowest BCUT2D eigenvalue weighted by molar-refractivity contribution is -0.153. The van der Waals surface area contributed by atoms with Crippen molar-refractivity contribution in [2.45, 2.75) is 6.18 Å². The van der Waals surface area contributed by atoms with E-state index in [0.717, 1.165) is 24.3 Å². The van der Waals surface area contributed by atoms with Gasteiger partial charge in [0.1, 0.15) is 17.6 Å². The molecule has 25 heavy (non-hydrogen) atoms. The topological polar surface area (TPSA) is 62.1 Å². The third-order valence-electron chi connectivity index (χ3n) is 2.92. The lowest BCUT2D eigenvalue weighted by Gasteiger charge is -2.12. The van der Waals surface area contributed by atoms with Gasteiger partial charge in [-0.2, -0.15) is 18.4 Å². The van der Waals surface area contributed by atoms with E-state index in [9.17, 15) is 22.4 Å². The van der Waals surface area contributed by atoms with Crippen LogP contribution in [0, 0.1) is 17.1 Å². The second kappa shape index (κ2) is 7.40. The van der Waals surface area contributed by atoms with Gasteiger partial charge in [0.15, 0.2) is 6.61 Å². The summed E-state index contributed by atoms with van der Waals surface area (Å²) in [6.07, 6.45) is -4.54. The highest BCUT2D eigenvalue weighted by Gasteiger charge is 2.28. The van der Waals surface area contributed by atoms with Gasteiger partial charge < -0.3 is 10.1 Å². The second-order valence-corrected chi connectivity index (χ2v) is 5.21. The molecule has 0 aliphatic heterocycles. The van der Waals surface area contributed by atoms with Crippen LogP contribution in [0.5, 0.6) is 5.75 Å². The van der Waals surface area contributed by atoms with Crippen molar-refractivity contribution in [3.8, 4) is 11.8 Å². The zero-order valence-corrected chi connectivity index (χ0v) is 13.1. The fraction of sp³-hybridized carbons (Fsp3) is 0.125. The molecule has 0 aliphatic carbocycles. The molecule has 0 saturated carbocycles. The number of ether oxygens (including phenoxy) is 1. The highest BCUT2D eigenvalue weighted by atomic mass is 35.5. The summed E-state index contributed by atoms with van der Waals surface area (Å²) in [5.41, 5.74) is -0.0486. The van der Waals surface area contributed by atoms with Crippen LogP contribution in [0.15, 0.2) is 36.4 Å². The van der Waals surface area contributed by atoms with Crippen molar-refractivity contribution in [2.24, 2.45) is 0 Å². The summed E-state index contributed by atoms with van der Waals surface area (Å²) in [5.74, 6) is -1.55. The molecule has 0 spiro atoms. The number of anilines is 1. The van der Waals surface area contributed by atoms with E-state index < -0.39 is 24.5 Å². The van der Waals surface area contributed by atoms with Gasteiger partial charge in [-0.05, 0) is 36.4 Å². The van der Waals surface area contributed by atoms with E-state index >= 15 is 0 Å². The van der Waals surface area contributed by atoms with Gasteiger partial charge in [0.25, 0.3) is 5.91 Å². The van der Waals surface area contributed by atoms with E-state index in [1.54, 1.807) is 6.07 Å². The summed E-state index contributed by atoms with van der Waals surface area (Å²) < 4.78 is 54.1. The number of carbonyl (C=O) groups excluding carboxylic acids is 1. The molecule has 0 bridgehead atoms. The average Bonchev–Trinajstić information content (AvgIpc) is 2.52. The number of carbonyl (C=O) groups is 1. The first-order valence-corrected chi connectivity index (χ1v) is 7.07. The molecule has 2 aromatic rings. The van der Waals surface area contributed by atoms with Crippen LogP contribution in [0.1, 0.15) is 15.9 Å². The molecule has 0 heterocycles. The molecule has 0 atom stereocenters. The van der Waals surface area contributed by atoms with Gasteiger partial charge in [-0.25, -0.2) is 4.39 Å². The largest absolute Gasteiger partial charge is 0.483 e. The van der Waals surface area contributed by atoms with E-state index in [2.05, 4.69) is 10.1 Å². The summed E-state index contributed by atoms with van der Waals surface area (Å²) in [7, 11) is 0. The molecule has 0 aromatic heterocycles. The predicted molar refractivity (Wildman–Crippen MR) is 82.1 cm³/mol. The molecule has 0 aliphatic rings. The number of nitrogens with zero attached hydrogens (tertiary/aromatic N) is 1. The standard InChI is InChI=1S/C16H9ClF4N2O2/c17-13-6-10(18)1-3-12(13)15(24)23-11-2-4-14(9(5-11)7-22)25-8-16(19,20)21/h1-6H,8H2,(H,23,24). The SMILES string of the molecule is N#Cc1cc(NC(=O)c2ccc(F)cc2Cl)ccc1OCC(F)(F)F. The van der Waals surface area contributed by atoms with Gasteiger partial charge in [-0.1, -0.05) is 11.6 Å². The Morgan fingerprint density at radius 2 is 1.96 bits per heavy atom. The van der Waals surface area contributed by atoms with E-state index in [0.29, 0.717) is 0 Å². The fourth-order valence-corrected chi connectivity index (χ4v) is 2.11. The van der Waals surface area contributed by atoms with Crippen molar-refractivity contribution < 1.29 is 27.1 Å². The normalized spacial score (nSPS) is 10.9. The third-order valence-corrected chi connectivity index (χ3v) is 3.24. The van der Waals surface area contributed by atoms with Crippen LogP contribution in [-0.2, 0) is 0 Å². The number of nitriles is 1. The summed E-state index contributed by atoms with van der Waals surface area (Å²) in [6.45, 7) is -1.54. The minimum atomic E-state index is -4.54. The summed E-state index contributed by atoms with van der Waals surface area (Å²) >= 11 is 5.78. The Morgan fingerprint density at radius 3 is 2.56 bits per heavy atom. The molecule has 0 saturated heterocycles. The van der Waals surface area contributed by atoms with E-state index in [1.165, 1.54) is 12.1 Å². The van der Waals surface area contributed by atoms with Crippen molar-refractivity contribution in [3.63, 3.8) is 0 Å². The number of alkyl halides is 3. The zero-order valence-electron chi connectivity index (χ0n) is 12.3. The second-order valence-electron chi connectivity index (χ2n) is 4.80. The smallest absolute Gasteiger partial charge is 0.422 e. The highest BCUT2D eigenvalue weighted by molar-refractivity contribution is 6.34. The molecule has 4 nitrogen and oxygen atoms in total. The number of benzene rings is 2. The Morgan fingerprint density at radius 1 is 1.24 bits per heavy atom. The van der Waals surface area contributed by atoms with Crippen LogP contribution in [0.4, 0.5) is 23.2 Å². The Balaban J connectivity index is 2.17. The fourth-order valence-electron chi connectivity index (χ4n) is 1.85. The van der Waals surface area contributed by atoms with Crippen LogP contribution in [0.2, 0.25) is 5.02 Å². The molecular weight excluding hydrogens is 364 g/mol. The number of halogens is 5. The lowest BCUT2D eigenvalue weighted by atomic mass is 10.1. The van der Waals surface area contributed by atoms with Crippen LogP contribution in [0.25, 0.3) is 0 Å².